The monoisotopic (exact) mass is 661 g/mol. The van der Waals surface area contributed by atoms with Crippen LogP contribution in [0.3, 0.4) is 0 Å². The van der Waals surface area contributed by atoms with Crippen LogP contribution in [0.25, 0.3) is 10.9 Å². The molecule has 0 bridgehead atoms. The summed E-state index contributed by atoms with van der Waals surface area (Å²) in [4.78, 5) is 27.9. The molecule has 0 radical (unpaired) electrons. The highest BCUT2D eigenvalue weighted by molar-refractivity contribution is 7.14. The first-order valence-corrected chi connectivity index (χ1v) is 16.4. The molecule has 8 nitrogen and oxygen atoms in total. The molecule has 0 aliphatic carbocycles. The standard InChI is InChI=1S/C37H32ClN5O3S/c1-2-45-35(44)34(43-46-23-22-40-31-20-21-39-32-24-29(38)18-19-30(31)32)33-25-47-36(41-33)42-37(26-12-6-3-7-13-26,27-14-8-4-9-15-27)28-16-10-5-11-17-28/h3-21,24-25H,2,22-23H2,1H3,(H,39,40)(H,41,42). The van der Waals surface area contributed by atoms with Crippen LogP contribution in [-0.4, -0.2) is 41.4 Å². The number of fused-ring (bicyclic) bond motifs is 1. The number of nitrogens with one attached hydrogen (secondary N) is 2. The zero-order valence-electron chi connectivity index (χ0n) is 25.6. The second-order valence-electron chi connectivity index (χ2n) is 10.5. The Balaban J connectivity index is 1.26. The average Bonchev–Trinajstić information content (AvgIpc) is 3.57. The van der Waals surface area contributed by atoms with Crippen molar-refractivity contribution in [3.05, 3.63) is 154 Å². The molecule has 2 aromatic heterocycles. The van der Waals surface area contributed by atoms with Crippen molar-refractivity contribution in [3.8, 4) is 0 Å². The number of nitrogens with zero attached hydrogens (tertiary/aromatic N) is 3. The lowest BCUT2D eigenvalue weighted by Gasteiger charge is -2.36. The highest BCUT2D eigenvalue weighted by atomic mass is 35.5. The largest absolute Gasteiger partial charge is 0.461 e. The Morgan fingerprint density at radius 3 is 2.15 bits per heavy atom. The topological polar surface area (TPSA) is 97.7 Å². The number of thiazole rings is 1. The zero-order valence-corrected chi connectivity index (χ0v) is 27.2. The van der Waals surface area contributed by atoms with E-state index in [1.54, 1.807) is 18.5 Å². The molecule has 0 amide bonds. The fourth-order valence-electron chi connectivity index (χ4n) is 5.39. The van der Waals surface area contributed by atoms with Crippen molar-refractivity contribution in [3.63, 3.8) is 0 Å². The van der Waals surface area contributed by atoms with Crippen LogP contribution in [-0.2, 0) is 19.9 Å². The summed E-state index contributed by atoms with van der Waals surface area (Å²) in [7, 11) is 0. The number of carbonyl (C=O) groups excluding carboxylic acids is 1. The Morgan fingerprint density at radius 2 is 1.53 bits per heavy atom. The molecule has 0 fully saturated rings. The molecule has 0 atom stereocenters. The van der Waals surface area contributed by atoms with E-state index in [0.717, 1.165) is 33.3 Å². The molecule has 0 aliphatic heterocycles. The normalized spacial score (nSPS) is 11.7. The van der Waals surface area contributed by atoms with Crippen molar-refractivity contribution in [2.24, 2.45) is 5.16 Å². The number of aromatic nitrogens is 2. The van der Waals surface area contributed by atoms with E-state index in [1.165, 1.54) is 11.3 Å². The van der Waals surface area contributed by atoms with Gasteiger partial charge in [0.15, 0.2) is 5.13 Å². The van der Waals surface area contributed by atoms with Crippen LogP contribution in [0.15, 0.2) is 132 Å². The van der Waals surface area contributed by atoms with Gasteiger partial charge in [0.25, 0.3) is 0 Å². The van der Waals surface area contributed by atoms with Crippen LogP contribution in [0.5, 0.6) is 0 Å². The van der Waals surface area contributed by atoms with Gasteiger partial charge >= 0.3 is 5.97 Å². The number of halogens is 1. The van der Waals surface area contributed by atoms with Crippen molar-refractivity contribution in [2.45, 2.75) is 12.5 Å². The summed E-state index contributed by atoms with van der Waals surface area (Å²) in [6.45, 7) is 2.55. The number of carbonyl (C=O) groups is 1. The van der Waals surface area contributed by atoms with Crippen molar-refractivity contribution < 1.29 is 14.4 Å². The summed E-state index contributed by atoms with van der Waals surface area (Å²) >= 11 is 7.49. The van der Waals surface area contributed by atoms with Crippen LogP contribution >= 0.6 is 22.9 Å². The number of benzene rings is 4. The van der Waals surface area contributed by atoms with E-state index in [-0.39, 0.29) is 18.9 Å². The molecule has 2 N–H and O–H groups in total. The quantitative estimate of drug-likeness (QED) is 0.0424. The molecule has 236 valence electrons. The predicted octanol–water partition coefficient (Wildman–Crippen LogP) is 8.14. The fraction of sp³-hybridized carbons (Fsp3) is 0.135. The Bertz CT molecular complexity index is 1870. The van der Waals surface area contributed by atoms with E-state index in [4.69, 9.17) is 26.2 Å². The minimum absolute atomic E-state index is 0.00936. The first-order valence-electron chi connectivity index (χ1n) is 15.1. The number of ether oxygens (including phenoxy) is 1. The maximum Gasteiger partial charge on any atom is 0.362 e. The van der Waals surface area contributed by atoms with E-state index in [0.29, 0.717) is 22.4 Å². The van der Waals surface area contributed by atoms with Crippen molar-refractivity contribution in [2.75, 3.05) is 30.4 Å². The third-order valence-electron chi connectivity index (χ3n) is 7.50. The lowest BCUT2D eigenvalue weighted by molar-refractivity contribution is -0.135. The molecular weight excluding hydrogens is 630 g/mol. The maximum absolute atomic E-state index is 13.0. The lowest BCUT2D eigenvalue weighted by Crippen LogP contribution is -2.38. The maximum atomic E-state index is 13.0. The molecule has 0 saturated heterocycles. The molecule has 0 spiro atoms. The SMILES string of the molecule is CCOC(=O)C(=NOCCNc1ccnc2cc(Cl)ccc12)c1csc(NC(c2ccccc2)(c2ccccc2)c2ccccc2)n1. The summed E-state index contributed by atoms with van der Waals surface area (Å²) in [6, 6.07) is 38.1. The number of esters is 1. The number of rotatable bonds is 13. The molecular formula is C37H32ClN5O3S. The smallest absolute Gasteiger partial charge is 0.362 e. The molecule has 47 heavy (non-hydrogen) atoms. The first-order chi connectivity index (χ1) is 23.1. The summed E-state index contributed by atoms with van der Waals surface area (Å²) in [6.07, 6.45) is 1.72. The van der Waals surface area contributed by atoms with E-state index in [2.05, 4.69) is 57.2 Å². The summed E-state index contributed by atoms with van der Waals surface area (Å²) < 4.78 is 5.32. The molecule has 6 aromatic rings. The Morgan fingerprint density at radius 1 is 0.894 bits per heavy atom. The number of hydrogen-bond acceptors (Lipinski definition) is 9. The van der Waals surface area contributed by atoms with Gasteiger partial charge in [0, 0.05) is 27.7 Å². The summed E-state index contributed by atoms with van der Waals surface area (Å²) in [5.41, 5.74) is 4.35. The van der Waals surface area contributed by atoms with E-state index < -0.39 is 11.5 Å². The molecule has 10 heteroatoms. The lowest BCUT2D eigenvalue weighted by atomic mass is 9.77. The van der Waals surface area contributed by atoms with Crippen molar-refractivity contribution >= 4 is 56.3 Å². The number of pyridine rings is 1. The Labute approximate surface area is 282 Å². The molecule has 6 rings (SSSR count). The van der Waals surface area contributed by atoms with Crippen LogP contribution in [0.4, 0.5) is 10.8 Å². The fourth-order valence-corrected chi connectivity index (χ4v) is 6.30. The molecule has 4 aromatic carbocycles. The highest BCUT2D eigenvalue weighted by Crippen LogP contribution is 2.40. The zero-order chi connectivity index (χ0) is 32.5. The van der Waals surface area contributed by atoms with Crippen molar-refractivity contribution in [1.82, 2.24) is 9.97 Å². The highest BCUT2D eigenvalue weighted by Gasteiger charge is 2.37. The van der Waals surface area contributed by atoms with Gasteiger partial charge in [-0.05, 0) is 47.9 Å². The Hall–Kier alpha value is -5.25. The van der Waals surface area contributed by atoms with Gasteiger partial charge in [0.05, 0.1) is 18.7 Å². The van der Waals surface area contributed by atoms with Gasteiger partial charge in [-0.2, -0.15) is 0 Å². The van der Waals surface area contributed by atoms with Gasteiger partial charge in [-0.15, -0.1) is 11.3 Å². The summed E-state index contributed by atoms with van der Waals surface area (Å²) in [5.74, 6) is -0.616. The predicted molar refractivity (Wildman–Crippen MR) is 189 cm³/mol. The Kier molecular flexibility index (Phi) is 10.1. The first kappa shape index (κ1) is 31.7. The van der Waals surface area contributed by atoms with E-state index >= 15 is 0 Å². The van der Waals surface area contributed by atoms with Crippen LogP contribution in [0, 0.1) is 0 Å². The van der Waals surface area contributed by atoms with Gasteiger partial charge in [-0.25, -0.2) is 9.78 Å². The second kappa shape index (κ2) is 14.9. The molecule has 0 aliphatic rings. The number of oxime groups is 1. The molecule has 0 unspecified atom stereocenters. The van der Waals surface area contributed by atoms with E-state index in [9.17, 15) is 4.79 Å². The van der Waals surface area contributed by atoms with Crippen LogP contribution in [0.1, 0.15) is 29.3 Å². The molecule has 0 saturated carbocycles. The number of hydrogen-bond donors (Lipinski definition) is 2. The van der Waals surface area contributed by atoms with Crippen LogP contribution < -0.4 is 10.6 Å². The average molecular weight is 662 g/mol. The van der Waals surface area contributed by atoms with E-state index in [1.807, 2.05) is 78.9 Å². The second-order valence-corrected chi connectivity index (χ2v) is 11.7. The summed E-state index contributed by atoms with van der Waals surface area (Å²) in [5, 5.41) is 15.2. The van der Waals surface area contributed by atoms with Gasteiger partial charge in [-0.3, -0.25) is 4.98 Å². The number of anilines is 2. The van der Waals surface area contributed by atoms with Gasteiger partial charge < -0.3 is 20.2 Å². The van der Waals surface area contributed by atoms with Crippen LogP contribution in [0.2, 0.25) is 5.02 Å². The van der Waals surface area contributed by atoms with Gasteiger partial charge in [0.1, 0.15) is 17.8 Å². The van der Waals surface area contributed by atoms with Crippen molar-refractivity contribution in [1.29, 1.82) is 0 Å². The van der Waals surface area contributed by atoms with Gasteiger partial charge in [-0.1, -0.05) is 108 Å². The third-order valence-corrected chi connectivity index (χ3v) is 8.49. The molecule has 2 heterocycles. The minimum Gasteiger partial charge on any atom is -0.461 e. The third kappa shape index (κ3) is 7.11. The van der Waals surface area contributed by atoms with Gasteiger partial charge in [0.2, 0.25) is 5.71 Å². The minimum atomic E-state index is -0.773.